The van der Waals surface area contributed by atoms with Crippen molar-refractivity contribution in [1.82, 2.24) is 15.5 Å². The monoisotopic (exact) mass is 293 g/mol. The number of nitrogens with zero attached hydrogens (tertiary/aromatic N) is 1. The lowest BCUT2D eigenvalue weighted by Gasteiger charge is -2.49. The minimum Gasteiger partial charge on any atom is -0.353 e. The fourth-order valence-corrected chi connectivity index (χ4v) is 4.11. The summed E-state index contributed by atoms with van der Waals surface area (Å²) in [6.45, 7) is 7.94. The fourth-order valence-electron chi connectivity index (χ4n) is 4.11. The van der Waals surface area contributed by atoms with E-state index in [9.17, 15) is 4.79 Å². The number of hydrogen-bond donors (Lipinski definition) is 2. The van der Waals surface area contributed by atoms with E-state index in [1.54, 1.807) is 0 Å². The molecule has 1 saturated heterocycles. The average molecular weight is 293 g/mol. The highest BCUT2D eigenvalue weighted by Crippen LogP contribution is 2.35. The Morgan fingerprint density at radius 3 is 2.38 bits per heavy atom. The first-order valence-corrected chi connectivity index (χ1v) is 8.90. The van der Waals surface area contributed by atoms with E-state index in [4.69, 9.17) is 0 Å². The maximum absolute atomic E-state index is 11.8. The Hall–Kier alpha value is -0.610. The van der Waals surface area contributed by atoms with E-state index in [0.29, 0.717) is 24.5 Å². The summed E-state index contributed by atoms with van der Waals surface area (Å²) in [7, 11) is 0. The Kier molecular flexibility index (Phi) is 4.85. The highest BCUT2D eigenvalue weighted by molar-refractivity contribution is 5.76. The van der Waals surface area contributed by atoms with Gasteiger partial charge in [0.15, 0.2) is 0 Å². The number of hydrogen-bond acceptors (Lipinski definition) is 3. The maximum Gasteiger partial charge on any atom is 0.221 e. The predicted molar refractivity (Wildman–Crippen MR) is 85.1 cm³/mol. The summed E-state index contributed by atoms with van der Waals surface area (Å²) >= 11 is 0. The van der Waals surface area contributed by atoms with Crippen LogP contribution < -0.4 is 10.6 Å². The van der Waals surface area contributed by atoms with E-state index in [2.05, 4.69) is 29.4 Å². The summed E-state index contributed by atoms with van der Waals surface area (Å²) < 4.78 is 0. The number of likely N-dealkylation sites (tertiary alicyclic amines) is 1. The quantitative estimate of drug-likeness (QED) is 0.784. The first-order valence-electron chi connectivity index (χ1n) is 8.90. The summed E-state index contributed by atoms with van der Waals surface area (Å²) in [5.74, 6) is 1.80. The molecule has 1 amide bonds. The number of rotatable bonds is 6. The van der Waals surface area contributed by atoms with Gasteiger partial charge in [0, 0.05) is 44.2 Å². The van der Waals surface area contributed by atoms with Crippen LogP contribution >= 0.6 is 0 Å². The van der Waals surface area contributed by atoms with E-state index < -0.39 is 0 Å². The second-order valence-electron chi connectivity index (χ2n) is 7.57. The molecule has 2 atom stereocenters. The van der Waals surface area contributed by atoms with Gasteiger partial charge in [0.1, 0.15) is 0 Å². The highest BCUT2D eigenvalue weighted by atomic mass is 16.1. The van der Waals surface area contributed by atoms with Gasteiger partial charge in [0.05, 0.1) is 0 Å². The van der Waals surface area contributed by atoms with Gasteiger partial charge in [-0.3, -0.25) is 4.79 Å². The Labute approximate surface area is 129 Å². The van der Waals surface area contributed by atoms with Crippen molar-refractivity contribution >= 4 is 5.91 Å². The van der Waals surface area contributed by atoms with Crippen molar-refractivity contribution in [3.63, 3.8) is 0 Å². The first kappa shape index (κ1) is 15.3. The van der Waals surface area contributed by atoms with E-state index in [1.807, 2.05) is 0 Å². The second kappa shape index (κ2) is 6.66. The Morgan fingerprint density at radius 2 is 1.81 bits per heavy atom. The third-order valence-electron chi connectivity index (χ3n) is 5.51. The summed E-state index contributed by atoms with van der Waals surface area (Å²) in [6, 6.07) is 1.80. The first-order chi connectivity index (χ1) is 10.1. The largest absolute Gasteiger partial charge is 0.353 e. The number of carbonyl (C=O) groups is 1. The van der Waals surface area contributed by atoms with E-state index in [-0.39, 0.29) is 5.91 Å². The molecule has 0 aromatic carbocycles. The van der Waals surface area contributed by atoms with Gasteiger partial charge in [0.25, 0.3) is 0 Å². The Bertz CT molecular complexity index is 353. The molecule has 0 aromatic heterocycles. The van der Waals surface area contributed by atoms with Gasteiger partial charge >= 0.3 is 0 Å². The van der Waals surface area contributed by atoms with Crippen molar-refractivity contribution in [2.75, 3.05) is 19.6 Å². The number of carbonyl (C=O) groups excluding carboxylic acids is 1. The van der Waals surface area contributed by atoms with Gasteiger partial charge in [0.2, 0.25) is 5.91 Å². The minimum atomic E-state index is 0.231. The molecule has 2 N–H and O–H groups in total. The molecule has 4 nitrogen and oxygen atoms in total. The summed E-state index contributed by atoms with van der Waals surface area (Å²) in [5.41, 5.74) is 0. The van der Waals surface area contributed by atoms with E-state index in [1.165, 1.54) is 45.2 Å². The van der Waals surface area contributed by atoms with Crippen molar-refractivity contribution in [3.8, 4) is 0 Å². The molecular weight excluding hydrogens is 262 g/mol. The van der Waals surface area contributed by atoms with Crippen LogP contribution in [0, 0.1) is 11.8 Å². The zero-order valence-electron chi connectivity index (χ0n) is 13.6. The van der Waals surface area contributed by atoms with Crippen molar-refractivity contribution in [1.29, 1.82) is 0 Å². The van der Waals surface area contributed by atoms with Crippen molar-refractivity contribution in [3.05, 3.63) is 0 Å². The summed E-state index contributed by atoms with van der Waals surface area (Å²) in [5, 5.41) is 6.80. The average Bonchev–Trinajstić information content (AvgIpc) is 3.21. The van der Waals surface area contributed by atoms with Gasteiger partial charge in [-0.1, -0.05) is 6.42 Å². The van der Waals surface area contributed by atoms with Crippen LogP contribution in [0.15, 0.2) is 0 Å². The Morgan fingerprint density at radius 1 is 1.14 bits per heavy atom. The summed E-state index contributed by atoms with van der Waals surface area (Å²) in [4.78, 5) is 14.4. The van der Waals surface area contributed by atoms with Crippen molar-refractivity contribution in [2.24, 2.45) is 11.8 Å². The lowest BCUT2D eigenvalue weighted by molar-refractivity contribution is -0.121. The van der Waals surface area contributed by atoms with Crippen LogP contribution in [-0.2, 0) is 4.79 Å². The summed E-state index contributed by atoms with van der Waals surface area (Å²) in [6.07, 6.45) is 7.09. The van der Waals surface area contributed by atoms with Gasteiger partial charge < -0.3 is 15.5 Å². The van der Waals surface area contributed by atoms with Crippen LogP contribution in [0.4, 0.5) is 0 Å². The van der Waals surface area contributed by atoms with E-state index >= 15 is 0 Å². The minimum absolute atomic E-state index is 0.231. The maximum atomic E-state index is 11.8. The Balaban J connectivity index is 1.45. The lowest BCUT2D eigenvalue weighted by Crippen LogP contribution is -2.58. The molecule has 2 saturated carbocycles. The molecule has 21 heavy (non-hydrogen) atoms. The van der Waals surface area contributed by atoms with Crippen molar-refractivity contribution < 1.29 is 4.79 Å². The molecular formula is C17H31N3O. The standard InChI is InChI=1S/C17H31N3O/c1-12(2)20-10-13-4-3-5-14(11-20)17(13)18-9-8-16(21)19-15-6-7-15/h12-15,17-18H,3-11H2,1-2H3,(H,19,21). The highest BCUT2D eigenvalue weighted by Gasteiger charge is 2.39. The number of fused-ring (bicyclic) bond motifs is 2. The van der Waals surface area contributed by atoms with Gasteiger partial charge in [-0.15, -0.1) is 0 Å². The molecule has 120 valence electrons. The molecule has 3 rings (SSSR count). The molecule has 0 spiro atoms. The van der Waals surface area contributed by atoms with Crippen LogP contribution in [0.2, 0.25) is 0 Å². The van der Waals surface area contributed by atoms with Gasteiger partial charge in [-0.2, -0.15) is 0 Å². The van der Waals surface area contributed by atoms with Crippen LogP contribution in [0.25, 0.3) is 0 Å². The van der Waals surface area contributed by atoms with Crippen LogP contribution in [0.3, 0.4) is 0 Å². The lowest BCUT2D eigenvalue weighted by atomic mass is 9.73. The predicted octanol–water partition coefficient (Wildman–Crippen LogP) is 1.75. The normalized spacial score (nSPS) is 33.2. The fraction of sp³-hybridized carbons (Fsp3) is 0.941. The molecule has 0 aromatic rings. The topological polar surface area (TPSA) is 44.4 Å². The molecule has 2 unspecified atom stereocenters. The second-order valence-corrected chi connectivity index (χ2v) is 7.57. The van der Waals surface area contributed by atoms with Gasteiger partial charge in [-0.25, -0.2) is 0 Å². The smallest absolute Gasteiger partial charge is 0.221 e. The molecule has 3 fully saturated rings. The third kappa shape index (κ3) is 3.98. The number of amides is 1. The van der Waals surface area contributed by atoms with Crippen LogP contribution in [0.5, 0.6) is 0 Å². The molecule has 0 radical (unpaired) electrons. The molecule has 1 aliphatic heterocycles. The molecule has 4 heteroatoms. The molecule has 1 heterocycles. The van der Waals surface area contributed by atoms with Crippen molar-refractivity contribution in [2.45, 2.75) is 70.5 Å². The number of nitrogens with one attached hydrogen (secondary N) is 2. The number of piperidine rings is 1. The van der Waals surface area contributed by atoms with Gasteiger partial charge in [-0.05, 0) is 51.4 Å². The molecule has 2 bridgehead atoms. The van der Waals surface area contributed by atoms with Crippen LogP contribution in [0.1, 0.15) is 52.4 Å². The zero-order chi connectivity index (χ0) is 14.8. The molecule has 2 aliphatic carbocycles. The zero-order valence-corrected chi connectivity index (χ0v) is 13.6. The SMILES string of the molecule is CC(C)N1CC2CCCC(C1)C2NCCC(=O)NC1CC1. The van der Waals surface area contributed by atoms with E-state index in [0.717, 1.165) is 18.4 Å². The third-order valence-corrected chi connectivity index (χ3v) is 5.51. The molecule has 3 aliphatic rings. The van der Waals surface area contributed by atoms with Crippen LogP contribution in [-0.4, -0.2) is 48.6 Å².